The molecule has 29 heavy (non-hydrogen) atoms. The lowest BCUT2D eigenvalue weighted by molar-refractivity contribution is 0.0470. The lowest BCUT2D eigenvalue weighted by atomic mass is 10.1. The quantitative estimate of drug-likeness (QED) is 0.415. The number of aromatic nitrogens is 1. The summed E-state index contributed by atoms with van der Waals surface area (Å²) in [6, 6.07) is 14.0. The van der Waals surface area contributed by atoms with Gasteiger partial charge in [-0.25, -0.2) is 4.79 Å². The van der Waals surface area contributed by atoms with E-state index in [1.807, 2.05) is 26.0 Å². The summed E-state index contributed by atoms with van der Waals surface area (Å²) in [5.74, 6) is 0.174. The van der Waals surface area contributed by atoms with E-state index in [1.165, 1.54) is 0 Å². The molecular formula is C23H23NO5. The van der Waals surface area contributed by atoms with Gasteiger partial charge in [0.05, 0.1) is 11.3 Å². The molecule has 1 aromatic heterocycles. The summed E-state index contributed by atoms with van der Waals surface area (Å²) in [6.07, 6.45) is 0.897. The van der Waals surface area contributed by atoms with Crippen LogP contribution in [0.4, 0.5) is 0 Å². The molecule has 0 fully saturated rings. The number of aryl methyl sites for hydroxylation is 3. The fourth-order valence-corrected chi connectivity index (χ4v) is 2.84. The van der Waals surface area contributed by atoms with E-state index in [-0.39, 0.29) is 24.6 Å². The molecule has 0 aliphatic heterocycles. The molecule has 0 aliphatic carbocycles. The molecular weight excluding hydrogens is 370 g/mol. The highest BCUT2D eigenvalue weighted by molar-refractivity contribution is 6.00. The van der Waals surface area contributed by atoms with Crippen LogP contribution in [0.2, 0.25) is 0 Å². The number of hydrogen-bond acceptors (Lipinski definition) is 6. The molecule has 0 spiro atoms. The van der Waals surface area contributed by atoms with Crippen molar-refractivity contribution in [3.8, 4) is 5.75 Å². The molecule has 1 heterocycles. The molecule has 3 aromatic rings. The zero-order valence-electron chi connectivity index (χ0n) is 16.7. The van der Waals surface area contributed by atoms with Gasteiger partial charge in [0.15, 0.2) is 12.4 Å². The Hall–Kier alpha value is -3.41. The normalized spacial score (nSPS) is 10.6. The first-order chi connectivity index (χ1) is 14.0. The predicted molar refractivity (Wildman–Crippen MR) is 107 cm³/mol. The standard InChI is InChI=1S/C23H23NO5/c1-4-17-9-11-18(12-10-17)21(25)14-28-23(26)19-7-5-6-8-22(19)27-13-20-15(2)24-29-16(20)3/h5-12H,4,13-14H2,1-3H3. The molecule has 0 saturated heterocycles. The van der Waals surface area contributed by atoms with E-state index in [9.17, 15) is 9.59 Å². The van der Waals surface area contributed by atoms with Crippen molar-refractivity contribution in [2.45, 2.75) is 33.8 Å². The Labute approximate surface area is 169 Å². The Kier molecular flexibility index (Phi) is 6.44. The molecule has 150 valence electrons. The van der Waals surface area contributed by atoms with Crippen LogP contribution in [0.25, 0.3) is 0 Å². The highest BCUT2D eigenvalue weighted by Gasteiger charge is 2.17. The maximum atomic E-state index is 12.5. The van der Waals surface area contributed by atoms with Crippen molar-refractivity contribution in [3.05, 3.63) is 82.2 Å². The fourth-order valence-electron chi connectivity index (χ4n) is 2.84. The SMILES string of the molecule is CCc1ccc(C(=O)COC(=O)c2ccccc2OCc2c(C)noc2C)cc1. The minimum atomic E-state index is -0.613. The maximum absolute atomic E-state index is 12.5. The molecule has 0 radical (unpaired) electrons. The van der Waals surface area contributed by atoms with E-state index in [0.29, 0.717) is 17.1 Å². The Bertz CT molecular complexity index is 985. The molecule has 3 rings (SSSR count). The minimum Gasteiger partial charge on any atom is -0.488 e. The topological polar surface area (TPSA) is 78.6 Å². The van der Waals surface area contributed by atoms with Gasteiger partial charge in [0.1, 0.15) is 23.7 Å². The third kappa shape index (κ3) is 4.90. The van der Waals surface area contributed by atoms with Crippen molar-refractivity contribution >= 4 is 11.8 Å². The lowest BCUT2D eigenvalue weighted by Gasteiger charge is -2.11. The molecule has 2 aromatic carbocycles. The molecule has 0 amide bonds. The third-order valence-corrected chi connectivity index (χ3v) is 4.68. The number of carbonyl (C=O) groups excluding carboxylic acids is 2. The highest BCUT2D eigenvalue weighted by Crippen LogP contribution is 2.22. The van der Waals surface area contributed by atoms with Gasteiger partial charge in [-0.1, -0.05) is 48.5 Å². The van der Waals surface area contributed by atoms with Gasteiger partial charge in [0.2, 0.25) is 0 Å². The van der Waals surface area contributed by atoms with Crippen LogP contribution < -0.4 is 4.74 Å². The number of para-hydroxylation sites is 1. The van der Waals surface area contributed by atoms with Crippen molar-refractivity contribution in [2.75, 3.05) is 6.61 Å². The molecule has 0 saturated carbocycles. The smallest absolute Gasteiger partial charge is 0.342 e. The van der Waals surface area contributed by atoms with Crippen LogP contribution in [0.3, 0.4) is 0 Å². The van der Waals surface area contributed by atoms with E-state index in [2.05, 4.69) is 5.16 Å². The van der Waals surface area contributed by atoms with E-state index in [1.54, 1.807) is 43.3 Å². The largest absolute Gasteiger partial charge is 0.488 e. The number of benzene rings is 2. The van der Waals surface area contributed by atoms with Gasteiger partial charge in [0, 0.05) is 5.56 Å². The van der Waals surface area contributed by atoms with Gasteiger partial charge in [-0.05, 0) is 38.0 Å². The van der Waals surface area contributed by atoms with Crippen molar-refractivity contribution in [2.24, 2.45) is 0 Å². The van der Waals surface area contributed by atoms with Crippen LogP contribution in [0.1, 0.15) is 50.2 Å². The van der Waals surface area contributed by atoms with Gasteiger partial charge in [-0.3, -0.25) is 4.79 Å². The van der Waals surface area contributed by atoms with Gasteiger partial charge in [-0.2, -0.15) is 0 Å². The predicted octanol–water partition coefficient (Wildman–Crippen LogP) is 4.47. The maximum Gasteiger partial charge on any atom is 0.342 e. The average molecular weight is 393 g/mol. The number of carbonyl (C=O) groups is 2. The molecule has 6 heteroatoms. The molecule has 0 bridgehead atoms. The number of ketones is 1. The Morgan fingerprint density at radius 1 is 1.03 bits per heavy atom. The van der Waals surface area contributed by atoms with Crippen LogP contribution in [0, 0.1) is 13.8 Å². The van der Waals surface area contributed by atoms with Crippen LogP contribution in [-0.2, 0) is 17.8 Å². The van der Waals surface area contributed by atoms with Crippen LogP contribution in [0.5, 0.6) is 5.75 Å². The van der Waals surface area contributed by atoms with Crippen molar-refractivity contribution in [1.29, 1.82) is 0 Å². The third-order valence-electron chi connectivity index (χ3n) is 4.68. The Balaban J connectivity index is 1.64. The van der Waals surface area contributed by atoms with Crippen molar-refractivity contribution in [1.82, 2.24) is 5.16 Å². The monoisotopic (exact) mass is 393 g/mol. The zero-order chi connectivity index (χ0) is 20.8. The Morgan fingerprint density at radius 2 is 1.76 bits per heavy atom. The first-order valence-electron chi connectivity index (χ1n) is 9.42. The minimum absolute atomic E-state index is 0.216. The summed E-state index contributed by atoms with van der Waals surface area (Å²) in [6.45, 7) is 5.56. The van der Waals surface area contributed by atoms with E-state index < -0.39 is 5.97 Å². The van der Waals surface area contributed by atoms with Crippen LogP contribution in [-0.4, -0.2) is 23.5 Å². The van der Waals surface area contributed by atoms with Crippen molar-refractivity contribution in [3.63, 3.8) is 0 Å². The second-order valence-electron chi connectivity index (χ2n) is 6.64. The number of hydrogen-bond donors (Lipinski definition) is 0. The van der Waals surface area contributed by atoms with Gasteiger partial charge in [0.25, 0.3) is 0 Å². The first-order valence-corrected chi connectivity index (χ1v) is 9.42. The number of nitrogens with zero attached hydrogens (tertiary/aromatic N) is 1. The molecule has 0 atom stereocenters. The summed E-state index contributed by atoms with van der Waals surface area (Å²) in [5.41, 5.74) is 3.48. The van der Waals surface area contributed by atoms with E-state index >= 15 is 0 Å². The Morgan fingerprint density at radius 3 is 2.41 bits per heavy atom. The molecule has 6 nitrogen and oxygen atoms in total. The summed E-state index contributed by atoms with van der Waals surface area (Å²) in [5, 5.41) is 3.89. The van der Waals surface area contributed by atoms with Crippen molar-refractivity contribution < 1.29 is 23.6 Å². The number of ether oxygens (including phenoxy) is 2. The van der Waals surface area contributed by atoms with Gasteiger partial charge >= 0.3 is 5.97 Å². The second-order valence-corrected chi connectivity index (χ2v) is 6.64. The summed E-state index contributed by atoms with van der Waals surface area (Å²) < 4.78 is 16.1. The molecule has 0 aliphatic rings. The lowest BCUT2D eigenvalue weighted by Crippen LogP contribution is -2.15. The first kappa shape index (κ1) is 20.3. The van der Waals surface area contributed by atoms with Crippen LogP contribution >= 0.6 is 0 Å². The summed E-state index contributed by atoms with van der Waals surface area (Å²) in [4.78, 5) is 24.8. The second kappa shape index (κ2) is 9.19. The summed E-state index contributed by atoms with van der Waals surface area (Å²) in [7, 11) is 0. The van der Waals surface area contributed by atoms with Gasteiger partial charge < -0.3 is 14.0 Å². The average Bonchev–Trinajstić information content (AvgIpc) is 3.07. The highest BCUT2D eigenvalue weighted by atomic mass is 16.5. The number of esters is 1. The van der Waals surface area contributed by atoms with Gasteiger partial charge in [-0.15, -0.1) is 0 Å². The molecule has 0 unspecified atom stereocenters. The number of Topliss-reactive ketones (excluding diaryl/α,β-unsaturated/α-hetero) is 1. The van der Waals surface area contributed by atoms with E-state index in [4.69, 9.17) is 14.0 Å². The molecule has 0 N–H and O–H groups in total. The number of rotatable bonds is 8. The van der Waals surface area contributed by atoms with Crippen LogP contribution in [0.15, 0.2) is 53.1 Å². The summed E-state index contributed by atoms with van der Waals surface area (Å²) >= 11 is 0. The fraction of sp³-hybridized carbons (Fsp3) is 0.261. The zero-order valence-corrected chi connectivity index (χ0v) is 16.7. The van der Waals surface area contributed by atoms with E-state index in [0.717, 1.165) is 23.2 Å².